The Morgan fingerprint density at radius 2 is 1.90 bits per heavy atom. The van der Waals surface area contributed by atoms with E-state index in [0.29, 0.717) is 16.8 Å². The Balaban J connectivity index is 2.16. The van der Waals surface area contributed by atoms with E-state index in [0.717, 1.165) is 5.56 Å². The van der Waals surface area contributed by atoms with Crippen molar-refractivity contribution in [2.75, 3.05) is 5.32 Å². The van der Waals surface area contributed by atoms with Crippen LogP contribution in [0.15, 0.2) is 47.9 Å². The fourth-order valence-electron chi connectivity index (χ4n) is 1.64. The second kappa shape index (κ2) is 5.83. The molecule has 0 atom stereocenters. The van der Waals surface area contributed by atoms with E-state index in [1.807, 2.05) is 13.0 Å². The first kappa shape index (κ1) is 13.5. The number of carbonyl (C=O) groups excluding carboxylic acids is 1. The van der Waals surface area contributed by atoms with Crippen molar-refractivity contribution in [3.8, 4) is 0 Å². The smallest absolute Gasteiger partial charge is 0.255 e. The molecular formula is C14H14N4O2. The topological polar surface area (TPSA) is 101 Å². The third-order valence-corrected chi connectivity index (χ3v) is 2.84. The van der Waals surface area contributed by atoms with E-state index in [9.17, 15) is 4.79 Å². The number of amidine groups is 1. The van der Waals surface area contributed by atoms with Crippen molar-refractivity contribution in [1.82, 2.24) is 4.98 Å². The Labute approximate surface area is 115 Å². The predicted octanol–water partition coefficient (Wildman–Crippen LogP) is 1.74. The lowest BCUT2D eigenvalue weighted by Crippen LogP contribution is -2.15. The third kappa shape index (κ3) is 2.92. The summed E-state index contributed by atoms with van der Waals surface area (Å²) in [5, 5.41) is 14.2. The molecule has 0 aliphatic rings. The third-order valence-electron chi connectivity index (χ3n) is 2.84. The summed E-state index contributed by atoms with van der Waals surface area (Å²) in [7, 11) is 0. The van der Waals surface area contributed by atoms with E-state index in [4.69, 9.17) is 10.9 Å². The highest BCUT2D eigenvalue weighted by atomic mass is 16.4. The van der Waals surface area contributed by atoms with Crippen molar-refractivity contribution in [3.05, 3.63) is 59.4 Å². The summed E-state index contributed by atoms with van der Waals surface area (Å²) in [5.41, 5.74) is 8.07. The zero-order chi connectivity index (χ0) is 14.5. The number of pyridine rings is 1. The molecule has 6 heteroatoms. The SMILES string of the molecule is Cc1ccncc1NC(=O)c1ccc(C(N)=NO)cc1. The number of oxime groups is 1. The molecule has 0 saturated carbocycles. The van der Waals surface area contributed by atoms with Crippen LogP contribution >= 0.6 is 0 Å². The molecule has 0 saturated heterocycles. The highest BCUT2D eigenvalue weighted by Crippen LogP contribution is 2.13. The van der Waals surface area contributed by atoms with Gasteiger partial charge in [-0.15, -0.1) is 0 Å². The lowest BCUT2D eigenvalue weighted by Gasteiger charge is -2.07. The largest absolute Gasteiger partial charge is 0.409 e. The van der Waals surface area contributed by atoms with Gasteiger partial charge < -0.3 is 16.3 Å². The minimum atomic E-state index is -0.243. The van der Waals surface area contributed by atoms with Crippen LogP contribution in [0.3, 0.4) is 0 Å². The molecule has 1 heterocycles. The molecule has 0 aliphatic carbocycles. The number of anilines is 1. The molecule has 0 bridgehead atoms. The summed E-state index contributed by atoms with van der Waals surface area (Å²) in [6.45, 7) is 1.89. The molecule has 0 spiro atoms. The van der Waals surface area contributed by atoms with Crippen molar-refractivity contribution in [2.45, 2.75) is 6.92 Å². The number of hydrogen-bond acceptors (Lipinski definition) is 4. The Morgan fingerprint density at radius 3 is 2.50 bits per heavy atom. The van der Waals surface area contributed by atoms with Gasteiger partial charge in [0.05, 0.1) is 11.9 Å². The van der Waals surface area contributed by atoms with Crippen LogP contribution in [-0.2, 0) is 0 Å². The van der Waals surface area contributed by atoms with Gasteiger partial charge in [-0.05, 0) is 30.7 Å². The fraction of sp³-hybridized carbons (Fsp3) is 0.0714. The molecule has 1 aromatic heterocycles. The number of aryl methyl sites for hydroxylation is 1. The average molecular weight is 270 g/mol. The Morgan fingerprint density at radius 1 is 1.25 bits per heavy atom. The van der Waals surface area contributed by atoms with E-state index in [2.05, 4.69) is 15.5 Å². The summed E-state index contributed by atoms with van der Waals surface area (Å²) < 4.78 is 0. The van der Waals surface area contributed by atoms with Crippen LogP contribution in [0.25, 0.3) is 0 Å². The van der Waals surface area contributed by atoms with E-state index in [-0.39, 0.29) is 11.7 Å². The molecule has 20 heavy (non-hydrogen) atoms. The van der Waals surface area contributed by atoms with Gasteiger partial charge in [0.2, 0.25) is 0 Å². The second-order valence-corrected chi connectivity index (χ2v) is 4.21. The number of amides is 1. The number of nitrogens with one attached hydrogen (secondary N) is 1. The van der Waals surface area contributed by atoms with Gasteiger partial charge in [-0.25, -0.2) is 0 Å². The predicted molar refractivity (Wildman–Crippen MR) is 75.9 cm³/mol. The lowest BCUT2D eigenvalue weighted by molar-refractivity contribution is 0.102. The van der Waals surface area contributed by atoms with Crippen molar-refractivity contribution in [1.29, 1.82) is 0 Å². The van der Waals surface area contributed by atoms with Gasteiger partial charge in [0.1, 0.15) is 0 Å². The molecule has 0 fully saturated rings. The summed E-state index contributed by atoms with van der Waals surface area (Å²) in [6.07, 6.45) is 3.26. The molecule has 2 aromatic rings. The highest BCUT2D eigenvalue weighted by molar-refractivity contribution is 6.05. The maximum Gasteiger partial charge on any atom is 0.255 e. The summed E-state index contributed by atoms with van der Waals surface area (Å²) in [6, 6.07) is 8.25. The highest BCUT2D eigenvalue weighted by Gasteiger charge is 2.08. The molecule has 2 rings (SSSR count). The van der Waals surface area contributed by atoms with Crippen LogP contribution < -0.4 is 11.1 Å². The van der Waals surface area contributed by atoms with Crippen LogP contribution in [0.2, 0.25) is 0 Å². The number of rotatable bonds is 3. The molecule has 0 radical (unpaired) electrons. The first-order valence-electron chi connectivity index (χ1n) is 5.91. The second-order valence-electron chi connectivity index (χ2n) is 4.21. The summed E-state index contributed by atoms with van der Waals surface area (Å²) in [5.74, 6) is -0.243. The van der Waals surface area contributed by atoms with E-state index < -0.39 is 0 Å². The van der Waals surface area contributed by atoms with Crippen LogP contribution in [-0.4, -0.2) is 21.9 Å². The molecule has 6 nitrogen and oxygen atoms in total. The zero-order valence-electron chi connectivity index (χ0n) is 10.9. The quantitative estimate of drug-likeness (QED) is 0.342. The Bertz CT molecular complexity index is 650. The first-order chi connectivity index (χ1) is 9.61. The maximum absolute atomic E-state index is 12.1. The van der Waals surface area contributed by atoms with Crippen LogP contribution in [0.5, 0.6) is 0 Å². The molecule has 1 amide bonds. The van der Waals surface area contributed by atoms with E-state index in [1.54, 1.807) is 36.7 Å². The molecule has 0 unspecified atom stereocenters. The van der Waals surface area contributed by atoms with E-state index >= 15 is 0 Å². The Kier molecular flexibility index (Phi) is 3.95. The van der Waals surface area contributed by atoms with Crippen LogP contribution in [0, 0.1) is 6.92 Å². The number of nitrogens with two attached hydrogens (primary N) is 1. The van der Waals surface area contributed by atoms with Gasteiger partial charge in [-0.3, -0.25) is 9.78 Å². The van der Waals surface area contributed by atoms with Gasteiger partial charge in [0, 0.05) is 17.3 Å². The van der Waals surface area contributed by atoms with Gasteiger partial charge in [-0.2, -0.15) is 0 Å². The standard InChI is InChI=1S/C14H14N4O2/c1-9-6-7-16-8-12(9)17-14(19)11-4-2-10(3-5-11)13(15)18-20/h2-8,20H,1H3,(H2,15,18)(H,17,19). The maximum atomic E-state index is 12.1. The monoisotopic (exact) mass is 270 g/mol. The first-order valence-corrected chi connectivity index (χ1v) is 5.91. The van der Waals surface area contributed by atoms with E-state index in [1.165, 1.54) is 0 Å². The van der Waals surface area contributed by atoms with Gasteiger partial charge >= 0.3 is 0 Å². The molecule has 0 aliphatic heterocycles. The number of benzene rings is 1. The average Bonchev–Trinajstić information content (AvgIpc) is 2.49. The summed E-state index contributed by atoms with van der Waals surface area (Å²) >= 11 is 0. The lowest BCUT2D eigenvalue weighted by atomic mass is 10.1. The fourth-order valence-corrected chi connectivity index (χ4v) is 1.64. The zero-order valence-corrected chi connectivity index (χ0v) is 10.9. The normalized spacial score (nSPS) is 11.2. The number of aromatic nitrogens is 1. The van der Waals surface area contributed by atoms with Crippen LogP contribution in [0.4, 0.5) is 5.69 Å². The van der Waals surface area contributed by atoms with Crippen molar-refractivity contribution in [2.24, 2.45) is 10.9 Å². The Hall–Kier alpha value is -2.89. The molecule has 1 aromatic carbocycles. The minimum absolute atomic E-state index is 0.0000574. The van der Waals surface area contributed by atoms with Crippen molar-refractivity contribution < 1.29 is 10.0 Å². The van der Waals surface area contributed by atoms with Gasteiger partial charge in [0.25, 0.3) is 5.91 Å². The number of nitrogens with zero attached hydrogens (tertiary/aromatic N) is 2. The molecule has 102 valence electrons. The van der Waals surface area contributed by atoms with Crippen LogP contribution in [0.1, 0.15) is 21.5 Å². The summed E-state index contributed by atoms with van der Waals surface area (Å²) in [4.78, 5) is 16.0. The number of hydrogen-bond donors (Lipinski definition) is 3. The molecule has 4 N–H and O–H groups in total. The van der Waals surface area contributed by atoms with Gasteiger partial charge in [0.15, 0.2) is 5.84 Å². The minimum Gasteiger partial charge on any atom is -0.409 e. The van der Waals surface area contributed by atoms with Crippen molar-refractivity contribution >= 4 is 17.4 Å². The number of carbonyl (C=O) groups is 1. The van der Waals surface area contributed by atoms with Gasteiger partial charge in [-0.1, -0.05) is 17.3 Å². The molecular weight excluding hydrogens is 256 g/mol. The van der Waals surface area contributed by atoms with Crippen molar-refractivity contribution in [3.63, 3.8) is 0 Å².